The highest BCUT2D eigenvalue weighted by atomic mass is 16.5. The predicted octanol–water partition coefficient (Wildman–Crippen LogP) is -0.796. The van der Waals surface area contributed by atoms with Crippen LogP contribution in [-0.2, 0) is 4.74 Å². The molecule has 0 aromatic carbocycles. The highest BCUT2D eigenvalue weighted by molar-refractivity contribution is 4.98. The van der Waals surface area contributed by atoms with E-state index in [4.69, 9.17) is 4.74 Å². The predicted molar refractivity (Wildman–Crippen MR) is 29.3 cm³/mol. The van der Waals surface area contributed by atoms with Crippen LogP contribution in [0.2, 0.25) is 0 Å². The van der Waals surface area contributed by atoms with E-state index in [9.17, 15) is 0 Å². The summed E-state index contributed by atoms with van der Waals surface area (Å²) in [5, 5.41) is 3.21. The average molecular weight is 114 g/mol. The number of nitrogens with zero attached hydrogens (tertiary/aromatic N) is 1. The molecule has 2 fully saturated rings. The van der Waals surface area contributed by atoms with E-state index in [0.717, 1.165) is 13.3 Å². The van der Waals surface area contributed by atoms with Gasteiger partial charge in [0.25, 0.3) is 0 Å². The van der Waals surface area contributed by atoms with Crippen LogP contribution in [-0.4, -0.2) is 37.5 Å². The highest BCUT2D eigenvalue weighted by Crippen LogP contribution is 2.24. The lowest BCUT2D eigenvalue weighted by molar-refractivity contribution is 0.0939. The van der Waals surface area contributed by atoms with Gasteiger partial charge in [-0.05, 0) is 7.05 Å². The average Bonchev–Trinajstić information content (AvgIpc) is 2.46. The first-order valence-electron chi connectivity index (χ1n) is 2.92. The van der Waals surface area contributed by atoms with Crippen LogP contribution in [0.1, 0.15) is 0 Å². The van der Waals surface area contributed by atoms with Gasteiger partial charge >= 0.3 is 0 Å². The quantitative estimate of drug-likeness (QED) is 0.417. The summed E-state index contributed by atoms with van der Waals surface area (Å²) in [6.45, 7) is 1.64. The molecule has 0 saturated carbocycles. The summed E-state index contributed by atoms with van der Waals surface area (Å²) in [6, 6.07) is 0.670. The molecule has 2 aliphatic heterocycles. The Morgan fingerprint density at radius 3 is 3.12 bits per heavy atom. The lowest BCUT2D eigenvalue weighted by Gasteiger charge is -2.07. The van der Waals surface area contributed by atoms with Crippen LogP contribution in [0.4, 0.5) is 0 Å². The van der Waals surface area contributed by atoms with E-state index in [1.807, 2.05) is 0 Å². The third-order valence-electron chi connectivity index (χ3n) is 1.92. The van der Waals surface area contributed by atoms with Crippen LogP contribution < -0.4 is 5.32 Å². The molecule has 3 atom stereocenters. The first kappa shape index (κ1) is 4.73. The van der Waals surface area contributed by atoms with Crippen LogP contribution in [0.5, 0.6) is 0 Å². The summed E-state index contributed by atoms with van der Waals surface area (Å²) in [4.78, 5) is 2.27. The van der Waals surface area contributed by atoms with Gasteiger partial charge in [-0.15, -0.1) is 0 Å². The van der Waals surface area contributed by atoms with Crippen LogP contribution >= 0.6 is 0 Å². The summed E-state index contributed by atoms with van der Waals surface area (Å²) in [5.41, 5.74) is 0. The second-order valence-corrected chi connectivity index (χ2v) is 2.40. The van der Waals surface area contributed by atoms with Crippen LogP contribution in [0.25, 0.3) is 0 Å². The fraction of sp³-hybridized carbons (Fsp3) is 1.00. The number of hydrogen-bond donors (Lipinski definition) is 1. The number of rotatable bonds is 0. The van der Waals surface area contributed by atoms with Gasteiger partial charge < -0.3 is 4.74 Å². The van der Waals surface area contributed by atoms with Gasteiger partial charge in [0.05, 0.1) is 25.5 Å². The Labute approximate surface area is 48.6 Å². The number of ether oxygens (including phenoxy) is 1. The lowest BCUT2D eigenvalue weighted by atomic mass is 10.4. The summed E-state index contributed by atoms with van der Waals surface area (Å²) < 4.78 is 5.14. The van der Waals surface area contributed by atoms with E-state index < -0.39 is 0 Å². The standard InChI is InChI=1S/C5H10N2O/c1-7-4-2-8-3-6-5(4)7/h4-6H,2-3H2,1H3. The van der Waals surface area contributed by atoms with Crippen molar-refractivity contribution < 1.29 is 4.74 Å². The van der Waals surface area contributed by atoms with E-state index in [1.54, 1.807) is 0 Å². The van der Waals surface area contributed by atoms with Gasteiger partial charge in [-0.3, -0.25) is 10.2 Å². The summed E-state index contributed by atoms with van der Waals surface area (Å²) in [5.74, 6) is 0. The Morgan fingerprint density at radius 2 is 2.62 bits per heavy atom. The molecule has 3 unspecified atom stereocenters. The second-order valence-electron chi connectivity index (χ2n) is 2.40. The van der Waals surface area contributed by atoms with Crippen molar-refractivity contribution in [2.24, 2.45) is 0 Å². The second kappa shape index (κ2) is 1.43. The molecule has 3 heteroatoms. The molecule has 46 valence electrons. The molecule has 0 aliphatic carbocycles. The number of nitrogens with one attached hydrogen (secondary N) is 1. The minimum atomic E-state index is 0.628. The Bertz CT molecular complexity index is 94.6. The third-order valence-corrected chi connectivity index (χ3v) is 1.92. The molecule has 0 spiro atoms. The Balaban J connectivity index is 1.97. The van der Waals surface area contributed by atoms with Crippen molar-refractivity contribution >= 4 is 0 Å². The molecule has 0 aromatic rings. The van der Waals surface area contributed by atoms with Crippen LogP contribution in [0, 0.1) is 0 Å². The van der Waals surface area contributed by atoms with E-state index >= 15 is 0 Å². The fourth-order valence-electron chi connectivity index (χ4n) is 1.22. The molecule has 0 aromatic heterocycles. The van der Waals surface area contributed by atoms with Gasteiger partial charge in [0.15, 0.2) is 0 Å². The van der Waals surface area contributed by atoms with E-state index in [1.165, 1.54) is 0 Å². The molecule has 2 saturated heterocycles. The molecule has 3 nitrogen and oxygen atoms in total. The summed E-state index contributed by atoms with van der Waals surface area (Å²) >= 11 is 0. The summed E-state index contributed by atoms with van der Waals surface area (Å²) in [6.07, 6.45) is 0.628. The van der Waals surface area contributed by atoms with Crippen molar-refractivity contribution in [1.29, 1.82) is 0 Å². The zero-order valence-electron chi connectivity index (χ0n) is 4.92. The fourth-order valence-corrected chi connectivity index (χ4v) is 1.22. The largest absolute Gasteiger partial charge is 0.365 e. The minimum absolute atomic E-state index is 0.628. The van der Waals surface area contributed by atoms with Crippen LogP contribution in [0.15, 0.2) is 0 Å². The molecular weight excluding hydrogens is 104 g/mol. The minimum Gasteiger partial charge on any atom is -0.365 e. The van der Waals surface area contributed by atoms with E-state index in [0.29, 0.717) is 12.2 Å². The van der Waals surface area contributed by atoms with Gasteiger partial charge in [-0.25, -0.2) is 0 Å². The number of fused-ring (bicyclic) bond motifs is 1. The molecule has 1 N–H and O–H groups in total. The van der Waals surface area contributed by atoms with Crippen molar-refractivity contribution in [3.63, 3.8) is 0 Å². The molecule has 0 amide bonds. The number of likely N-dealkylation sites (N-methyl/N-ethyl adjacent to an activating group) is 1. The van der Waals surface area contributed by atoms with Crippen molar-refractivity contribution in [2.75, 3.05) is 20.4 Å². The topological polar surface area (TPSA) is 24.3 Å². The molecule has 0 bridgehead atoms. The maximum absolute atomic E-state index is 5.14. The van der Waals surface area contributed by atoms with Gasteiger partial charge in [-0.2, -0.15) is 0 Å². The van der Waals surface area contributed by atoms with Crippen molar-refractivity contribution in [3.8, 4) is 0 Å². The molecule has 2 aliphatic rings. The molecular formula is C5H10N2O. The van der Waals surface area contributed by atoms with Gasteiger partial charge in [0.2, 0.25) is 0 Å². The zero-order valence-corrected chi connectivity index (χ0v) is 4.92. The monoisotopic (exact) mass is 114 g/mol. The molecule has 2 heterocycles. The van der Waals surface area contributed by atoms with E-state index in [-0.39, 0.29) is 0 Å². The molecule has 0 radical (unpaired) electrons. The van der Waals surface area contributed by atoms with Gasteiger partial charge in [0, 0.05) is 0 Å². The smallest absolute Gasteiger partial charge is 0.0978 e. The van der Waals surface area contributed by atoms with Crippen molar-refractivity contribution in [3.05, 3.63) is 0 Å². The van der Waals surface area contributed by atoms with Crippen molar-refractivity contribution in [2.45, 2.75) is 12.2 Å². The highest BCUT2D eigenvalue weighted by Gasteiger charge is 2.46. The Hall–Kier alpha value is -0.120. The van der Waals surface area contributed by atoms with Gasteiger partial charge in [0.1, 0.15) is 0 Å². The Morgan fingerprint density at radius 1 is 1.75 bits per heavy atom. The first-order chi connectivity index (χ1) is 3.89. The van der Waals surface area contributed by atoms with Crippen molar-refractivity contribution in [1.82, 2.24) is 10.2 Å². The third kappa shape index (κ3) is 0.491. The molecule has 8 heavy (non-hydrogen) atoms. The molecule has 2 rings (SSSR count). The normalized spacial score (nSPS) is 52.9. The summed E-state index contributed by atoms with van der Waals surface area (Å²) in [7, 11) is 2.11. The lowest BCUT2D eigenvalue weighted by Crippen LogP contribution is -2.30. The maximum atomic E-state index is 5.14. The first-order valence-corrected chi connectivity index (χ1v) is 2.92. The van der Waals surface area contributed by atoms with Gasteiger partial charge in [-0.1, -0.05) is 0 Å². The van der Waals surface area contributed by atoms with Crippen LogP contribution in [0.3, 0.4) is 0 Å². The maximum Gasteiger partial charge on any atom is 0.0978 e. The Kier molecular flexibility index (Phi) is 0.848. The zero-order chi connectivity index (χ0) is 5.56. The number of hydrogen-bond acceptors (Lipinski definition) is 3. The SMILES string of the molecule is CN1C2COCNC21. The van der Waals surface area contributed by atoms with E-state index in [2.05, 4.69) is 17.3 Å².